The van der Waals surface area contributed by atoms with E-state index in [1.807, 2.05) is 72.8 Å². The van der Waals surface area contributed by atoms with Crippen molar-refractivity contribution < 1.29 is 35.8 Å². The van der Waals surface area contributed by atoms with Crippen molar-refractivity contribution in [2.75, 3.05) is 35.0 Å². The summed E-state index contributed by atoms with van der Waals surface area (Å²) >= 11 is 0. The molecule has 2 heterocycles. The van der Waals surface area contributed by atoms with Gasteiger partial charge in [-0.15, -0.1) is 0 Å². The monoisotopic (exact) mass is 865 g/mol. The Labute approximate surface area is 352 Å². The van der Waals surface area contributed by atoms with Crippen LogP contribution in [-0.4, -0.2) is 72.0 Å². The highest BCUT2D eigenvalue weighted by atomic mass is 35.7. The summed E-state index contributed by atoms with van der Waals surface area (Å²) < 4.78 is 70.9. The smallest absolute Gasteiger partial charge is 0.263 e. The lowest BCUT2D eigenvalue weighted by molar-refractivity contribution is 0.397. The number of sulfonamides is 1. The van der Waals surface area contributed by atoms with Crippen LogP contribution in [0.3, 0.4) is 0 Å². The molecule has 1 aliphatic rings. The molecular weight excluding hydrogens is 814 g/mol. The van der Waals surface area contributed by atoms with Gasteiger partial charge in [0.15, 0.2) is 0 Å². The second-order valence-corrected chi connectivity index (χ2v) is 17.9. The fraction of sp³-hybridized carbons (Fsp3) is 0.302. The van der Waals surface area contributed by atoms with Crippen molar-refractivity contribution in [2.24, 2.45) is 4.99 Å². The first-order valence-electron chi connectivity index (χ1n) is 18.5. The molecule has 0 fully saturated rings. The number of allylic oxidation sites excluding steroid dienone is 1. The van der Waals surface area contributed by atoms with Gasteiger partial charge in [-0.25, -0.2) is 16.8 Å². The number of halogens is 1. The van der Waals surface area contributed by atoms with E-state index < -0.39 is 19.1 Å². The Balaban J connectivity index is 0.000000219. The Morgan fingerprint density at radius 3 is 1.27 bits per heavy atom. The van der Waals surface area contributed by atoms with E-state index in [0.29, 0.717) is 23.6 Å². The SMILES string of the molecule is CC1=NCC(C)=C1S(=O)(=O)Cl.COc1ccc(CN(Cc2ccc(OC)cc2)S(=O)(=O)c2c(C)n[nH]c2C)cc1.COc1ccc(CNCc2ccc(OC)cc2)cc1. The molecular formula is C43H52ClN5O8S2. The first-order valence-corrected chi connectivity index (χ1v) is 22.2. The number of aryl methyl sites for hydroxylation is 2. The Morgan fingerprint density at radius 2 is 1.00 bits per heavy atom. The van der Waals surface area contributed by atoms with Gasteiger partial charge < -0.3 is 24.3 Å². The lowest BCUT2D eigenvalue weighted by atomic mass is 10.2. The molecule has 16 heteroatoms. The molecule has 59 heavy (non-hydrogen) atoms. The van der Waals surface area contributed by atoms with Crippen LogP contribution in [0.4, 0.5) is 0 Å². The molecule has 0 bridgehead atoms. The van der Waals surface area contributed by atoms with Crippen LogP contribution in [0.25, 0.3) is 0 Å². The number of nitrogens with zero attached hydrogens (tertiary/aromatic N) is 3. The summed E-state index contributed by atoms with van der Waals surface area (Å²) in [4.78, 5) is 4.36. The van der Waals surface area contributed by atoms with Gasteiger partial charge in [-0.1, -0.05) is 48.5 Å². The van der Waals surface area contributed by atoms with Gasteiger partial charge in [0.2, 0.25) is 10.0 Å². The summed E-state index contributed by atoms with van der Waals surface area (Å²) in [7, 11) is 4.36. The number of rotatable bonds is 15. The number of hydrogen-bond donors (Lipinski definition) is 2. The van der Waals surface area contributed by atoms with Crippen molar-refractivity contribution in [2.45, 2.75) is 58.8 Å². The zero-order chi connectivity index (χ0) is 43.2. The summed E-state index contributed by atoms with van der Waals surface area (Å²) in [5, 5.41) is 10.2. The van der Waals surface area contributed by atoms with Crippen LogP contribution in [0.15, 0.2) is 117 Å². The van der Waals surface area contributed by atoms with Crippen LogP contribution in [0.5, 0.6) is 23.0 Å². The summed E-state index contributed by atoms with van der Waals surface area (Å²) in [5.74, 6) is 3.22. The van der Waals surface area contributed by atoms with Crippen molar-refractivity contribution in [1.82, 2.24) is 19.8 Å². The van der Waals surface area contributed by atoms with E-state index in [-0.39, 0.29) is 22.9 Å². The lowest BCUT2D eigenvalue weighted by Crippen LogP contribution is -2.31. The van der Waals surface area contributed by atoms with Crippen LogP contribution in [0.2, 0.25) is 0 Å². The third-order valence-electron chi connectivity index (χ3n) is 9.18. The highest BCUT2D eigenvalue weighted by Crippen LogP contribution is 2.27. The fourth-order valence-electron chi connectivity index (χ4n) is 6.06. The van der Waals surface area contributed by atoms with Crippen molar-refractivity contribution in [3.8, 4) is 23.0 Å². The van der Waals surface area contributed by atoms with Crippen LogP contribution in [0, 0.1) is 13.8 Å². The zero-order valence-electron chi connectivity index (χ0n) is 34.6. The molecule has 5 aromatic rings. The predicted molar refractivity (Wildman–Crippen MR) is 232 cm³/mol. The van der Waals surface area contributed by atoms with Gasteiger partial charge in [0.05, 0.1) is 52.1 Å². The van der Waals surface area contributed by atoms with Gasteiger partial charge in [0.1, 0.15) is 32.8 Å². The second kappa shape index (κ2) is 21.7. The number of aliphatic imine (C=N–C) groups is 1. The standard InChI is InChI=1S/C21H25N3O4S.C16H19NO2.C6H8ClNO2S/c1-15-21(16(2)23-22-15)29(25,26)24(13-17-5-9-19(27-3)10-6-17)14-18-7-11-20(28-4)12-8-18;1-18-15-7-3-13(4-8-15)11-17-12-14-5-9-16(19-2)10-6-14;1-4-3-8-5(2)6(4)11(7,9)10/h5-12H,13-14H2,1-4H3,(H,22,23);3-10,17H,11-12H2,1-2H3;3H2,1-2H3. The first kappa shape index (κ1) is 46.5. The topological polar surface area (TPSA) is 162 Å². The van der Waals surface area contributed by atoms with Crippen molar-refractivity contribution in [3.05, 3.63) is 141 Å². The summed E-state index contributed by atoms with van der Waals surface area (Å²) in [6, 6.07) is 30.9. The summed E-state index contributed by atoms with van der Waals surface area (Å²) in [6.07, 6.45) is 0. The number of benzene rings is 4. The van der Waals surface area contributed by atoms with E-state index in [1.165, 1.54) is 15.4 Å². The third kappa shape index (κ3) is 13.4. The Kier molecular flexibility index (Phi) is 17.1. The maximum absolute atomic E-state index is 13.5. The minimum absolute atomic E-state index is 0.194. The minimum Gasteiger partial charge on any atom is -0.497 e. The Hall–Kier alpha value is -5.19. The molecule has 0 amide bonds. The normalized spacial score (nSPS) is 12.5. The van der Waals surface area contributed by atoms with E-state index >= 15 is 0 Å². The molecule has 0 radical (unpaired) electrons. The second-order valence-electron chi connectivity index (χ2n) is 13.5. The zero-order valence-corrected chi connectivity index (χ0v) is 37.0. The molecule has 0 spiro atoms. The van der Waals surface area contributed by atoms with Gasteiger partial charge in [-0.2, -0.15) is 9.40 Å². The van der Waals surface area contributed by atoms with Crippen LogP contribution >= 0.6 is 10.7 Å². The number of aromatic amines is 1. The number of hydrogen-bond acceptors (Lipinski definition) is 11. The molecule has 1 aliphatic heterocycles. The summed E-state index contributed by atoms with van der Waals surface area (Å²) in [5.41, 5.74) is 6.43. The fourth-order valence-corrected chi connectivity index (χ4v) is 9.43. The van der Waals surface area contributed by atoms with Gasteiger partial charge in [-0.3, -0.25) is 10.1 Å². The largest absolute Gasteiger partial charge is 0.497 e. The molecule has 0 atom stereocenters. The highest BCUT2D eigenvalue weighted by molar-refractivity contribution is 8.17. The van der Waals surface area contributed by atoms with Crippen molar-refractivity contribution in [1.29, 1.82) is 0 Å². The molecule has 1 aromatic heterocycles. The molecule has 0 aliphatic carbocycles. The molecule has 0 saturated heterocycles. The molecule has 4 aromatic carbocycles. The maximum Gasteiger partial charge on any atom is 0.263 e. The number of H-pyrrole nitrogens is 1. The number of ether oxygens (including phenoxy) is 4. The van der Waals surface area contributed by atoms with Crippen LogP contribution in [0.1, 0.15) is 47.5 Å². The Morgan fingerprint density at radius 1 is 0.627 bits per heavy atom. The van der Waals surface area contributed by atoms with Gasteiger partial charge in [0, 0.05) is 36.9 Å². The van der Waals surface area contributed by atoms with E-state index in [1.54, 1.807) is 56.1 Å². The molecule has 0 saturated carbocycles. The highest BCUT2D eigenvalue weighted by Gasteiger charge is 2.30. The number of methoxy groups -OCH3 is 4. The van der Waals surface area contributed by atoms with Gasteiger partial charge >= 0.3 is 0 Å². The van der Waals surface area contributed by atoms with Crippen molar-refractivity contribution >= 4 is 35.5 Å². The number of aromatic nitrogens is 2. The predicted octanol–water partition coefficient (Wildman–Crippen LogP) is 7.73. The minimum atomic E-state index is -3.77. The van der Waals surface area contributed by atoms with Crippen LogP contribution < -0.4 is 24.3 Å². The molecule has 2 N–H and O–H groups in total. The van der Waals surface area contributed by atoms with Crippen LogP contribution in [-0.2, 0) is 45.3 Å². The van der Waals surface area contributed by atoms with Gasteiger partial charge in [0.25, 0.3) is 9.05 Å². The van der Waals surface area contributed by atoms with Crippen molar-refractivity contribution in [3.63, 3.8) is 0 Å². The Bertz CT molecular complexity index is 2280. The molecule has 0 unspecified atom stereocenters. The van der Waals surface area contributed by atoms with E-state index in [0.717, 1.165) is 52.8 Å². The molecule has 13 nitrogen and oxygen atoms in total. The third-order valence-corrected chi connectivity index (χ3v) is 12.8. The molecule has 316 valence electrons. The maximum atomic E-state index is 13.5. The lowest BCUT2D eigenvalue weighted by Gasteiger charge is -2.23. The average molecular weight is 867 g/mol. The average Bonchev–Trinajstić information content (AvgIpc) is 3.77. The molecule has 6 rings (SSSR count). The first-order chi connectivity index (χ1) is 28.1. The van der Waals surface area contributed by atoms with E-state index in [4.69, 9.17) is 29.6 Å². The van der Waals surface area contributed by atoms with E-state index in [2.05, 4.69) is 44.8 Å². The number of nitrogens with one attached hydrogen (secondary N) is 2. The quantitative estimate of drug-likeness (QED) is 0.0997. The summed E-state index contributed by atoms with van der Waals surface area (Å²) in [6.45, 7) is 9.35. The van der Waals surface area contributed by atoms with E-state index in [9.17, 15) is 16.8 Å². The van der Waals surface area contributed by atoms with Gasteiger partial charge in [-0.05, 0) is 104 Å².